The third-order valence-electron chi connectivity index (χ3n) is 6.12. The molecular formula is C28H34N2O5S. The van der Waals surface area contributed by atoms with Crippen molar-refractivity contribution >= 4 is 16.1 Å². The number of amides is 1. The number of unbranched alkanes of at least 4 members (excludes halogenated alkanes) is 1. The molecule has 3 aromatic carbocycles. The van der Waals surface area contributed by atoms with Gasteiger partial charge >= 0.3 is 6.09 Å². The van der Waals surface area contributed by atoms with E-state index in [-0.39, 0.29) is 24.4 Å². The summed E-state index contributed by atoms with van der Waals surface area (Å²) in [5.41, 5.74) is 2.34. The zero-order chi connectivity index (χ0) is 26.0. The van der Waals surface area contributed by atoms with Crippen LogP contribution < -0.4 is 4.72 Å². The number of benzene rings is 3. The van der Waals surface area contributed by atoms with Gasteiger partial charge in [-0.3, -0.25) is 4.90 Å². The molecule has 36 heavy (non-hydrogen) atoms. The van der Waals surface area contributed by atoms with Gasteiger partial charge in [-0.2, -0.15) is 0 Å². The lowest BCUT2D eigenvalue weighted by molar-refractivity contribution is 0.0469. The predicted molar refractivity (Wildman–Crippen MR) is 140 cm³/mol. The number of nitrogens with one attached hydrogen (secondary N) is 1. The minimum Gasteiger partial charge on any atom is -0.465 e. The Kier molecular flexibility index (Phi) is 10.0. The number of rotatable bonds is 13. The Morgan fingerprint density at radius 3 is 2.11 bits per heavy atom. The molecule has 192 valence electrons. The molecule has 0 aromatic heterocycles. The van der Waals surface area contributed by atoms with Crippen LogP contribution in [0.15, 0.2) is 89.8 Å². The molecule has 3 N–H and O–H groups in total. The van der Waals surface area contributed by atoms with Crippen LogP contribution in [0.3, 0.4) is 0 Å². The van der Waals surface area contributed by atoms with Crippen molar-refractivity contribution in [3.63, 3.8) is 0 Å². The lowest BCUT2D eigenvalue weighted by atomic mass is 9.99. The molecule has 8 heteroatoms. The summed E-state index contributed by atoms with van der Waals surface area (Å²) in [6.07, 6.45) is 0.205. The van der Waals surface area contributed by atoms with Crippen LogP contribution in [0, 0.1) is 0 Å². The molecule has 0 aliphatic rings. The summed E-state index contributed by atoms with van der Waals surface area (Å²) < 4.78 is 28.8. The summed E-state index contributed by atoms with van der Waals surface area (Å²) in [6, 6.07) is 24.3. The predicted octanol–water partition coefficient (Wildman–Crippen LogP) is 4.46. The van der Waals surface area contributed by atoms with Gasteiger partial charge in [0.15, 0.2) is 0 Å². The molecule has 0 spiro atoms. The van der Waals surface area contributed by atoms with Crippen molar-refractivity contribution < 1.29 is 23.4 Å². The first kappa shape index (κ1) is 27.4. The van der Waals surface area contributed by atoms with E-state index >= 15 is 0 Å². The van der Waals surface area contributed by atoms with Crippen molar-refractivity contribution in [3.8, 4) is 0 Å². The maximum atomic E-state index is 13.1. The second-order valence-electron chi connectivity index (χ2n) is 8.78. The standard InChI is InChI=1S/C28H34N2O5S/c1-2-3-16-24-17-10-11-18-27(24)36(34,35)29-20-26(31)25(19-22-12-6-4-7-13-22)30(28(32)33)21-23-14-8-5-9-15-23/h4-15,17-18,25-26,29,31H,2-3,16,19-21H2,1H3,(H,32,33)/t25-,26+/m0/s1. The van der Waals surface area contributed by atoms with E-state index in [0.29, 0.717) is 6.42 Å². The third kappa shape index (κ3) is 7.65. The molecule has 7 nitrogen and oxygen atoms in total. The van der Waals surface area contributed by atoms with Crippen LogP contribution in [0.2, 0.25) is 0 Å². The fourth-order valence-electron chi connectivity index (χ4n) is 4.17. The van der Waals surface area contributed by atoms with Crippen molar-refractivity contribution in [2.75, 3.05) is 6.54 Å². The summed E-state index contributed by atoms with van der Waals surface area (Å²) in [6.45, 7) is 1.79. The first-order valence-electron chi connectivity index (χ1n) is 12.1. The first-order chi connectivity index (χ1) is 17.3. The highest BCUT2D eigenvalue weighted by Crippen LogP contribution is 2.20. The molecule has 3 aromatic rings. The minimum atomic E-state index is -3.90. The highest BCUT2D eigenvalue weighted by molar-refractivity contribution is 7.89. The SMILES string of the molecule is CCCCc1ccccc1S(=O)(=O)NC[C@@H](O)[C@H](Cc1ccccc1)N(Cc1ccccc1)C(=O)O. The van der Waals surface area contributed by atoms with Gasteiger partial charge in [-0.15, -0.1) is 0 Å². The van der Waals surface area contributed by atoms with Gasteiger partial charge in [-0.05, 0) is 42.0 Å². The van der Waals surface area contributed by atoms with Gasteiger partial charge < -0.3 is 10.2 Å². The van der Waals surface area contributed by atoms with E-state index in [1.807, 2.05) is 73.7 Å². The van der Waals surface area contributed by atoms with Gasteiger partial charge in [0.05, 0.1) is 17.0 Å². The lowest BCUT2D eigenvalue weighted by Crippen LogP contribution is -2.51. The number of aryl methyl sites for hydroxylation is 1. The van der Waals surface area contributed by atoms with Crippen LogP contribution in [0.4, 0.5) is 4.79 Å². The van der Waals surface area contributed by atoms with Gasteiger partial charge in [0.1, 0.15) is 0 Å². The van der Waals surface area contributed by atoms with Crippen LogP contribution >= 0.6 is 0 Å². The monoisotopic (exact) mass is 510 g/mol. The van der Waals surface area contributed by atoms with Gasteiger partial charge in [-0.25, -0.2) is 17.9 Å². The zero-order valence-electron chi connectivity index (χ0n) is 20.5. The van der Waals surface area contributed by atoms with E-state index < -0.39 is 28.3 Å². The van der Waals surface area contributed by atoms with Crippen molar-refractivity contribution in [1.82, 2.24) is 9.62 Å². The largest absolute Gasteiger partial charge is 0.465 e. The van der Waals surface area contributed by atoms with E-state index in [1.165, 1.54) is 4.90 Å². The molecule has 1 amide bonds. The fourth-order valence-corrected chi connectivity index (χ4v) is 5.48. The Morgan fingerprint density at radius 1 is 0.917 bits per heavy atom. The van der Waals surface area contributed by atoms with Crippen LogP contribution in [-0.4, -0.2) is 48.3 Å². The highest BCUT2D eigenvalue weighted by atomic mass is 32.2. The number of nitrogens with zero attached hydrogens (tertiary/aromatic N) is 1. The number of aliphatic hydroxyl groups excluding tert-OH is 1. The average Bonchev–Trinajstić information content (AvgIpc) is 2.89. The molecule has 3 rings (SSSR count). The Balaban J connectivity index is 1.83. The smallest absolute Gasteiger partial charge is 0.407 e. The molecule has 0 heterocycles. The first-order valence-corrected chi connectivity index (χ1v) is 13.6. The van der Waals surface area contributed by atoms with Crippen molar-refractivity contribution in [2.24, 2.45) is 0 Å². The molecule has 0 fully saturated rings. The maximum Gasteiger partial charge on any atom is 0.407 e. The maximum absolute atomic E-state index is 13.1. The number of carboxylic acid groups (broad SMARTS) is 1. The van der Waals surface area contributed by atoms with Crippen molar-refractivity contribution in [2.45, 2.75) is 56.2 Å². The molecule has 0 aliphatic heterocycles. The summed E-state index contributed by atoms with van der Waals surface area (Å²) in [4.78, 5) is 13.6. The van der Waals surface area contributed by atoms with E-state index in [0.717, 1.165) is 29.5 Å². The van der Waals surface area contributed by atoms with Crippen molar-refractivity contribution in [3.05, 3.63) is 102 Å². The topological polar surface area (TPSA) is 107 Å². The number of hydrogen-bond donors (Lipinski definition) is 3. The second kappa shape index (κ2) is 13.2. The molecule has 0 saturated heterocycles. The Morgan fingerprint density at radius 2 is 1.50 bits per heavy atom. The minimum absolute atomic E-state index is 0.0668. The number of sulfonamides is 1. The summed E-state index contributed by atoms with van der Waals surface area (Å²) in [5, 5.41) is 21.2. The van der Waals surface area contributed by atoms with Crippen LogP contribution in [0.1, 0.15) is 36.5 Å². The van der Waals surface area contributed by atoms with Crippen LogP contribution in [-0.2, 0) is 29.4 Å². The van der Waals surface area contributed by atoms with E-state index in [9.17, 15) is 23.4 Å². The molecule has 0 bridgehead atoms. The van der Waals surface area contributed by atoms with Crippen LogP contribution in [0.5, 0.6) is 0 Å². The summed E-state index contributed by atoms with van der Waals surface area (Å²) >= 11 is 0. The molecule has 0 unspecified atom stereocenters. The Hall–Kier alpha value is -3.20. The van der Waals surface area contributed by atoms with Crippen molar-refractivity contribution in [1.29, 1.82) is 0 Å². The van der Waals surface area contributed by atoms with Gasteiger partial charge in [0, 0.05) is 13.1 Å². The van der Waals surface area contributed by atoms with Crippen LogP contribution in [0.25, 0.3) is 0 Å². The molecule has 2 atom stereocenters. The van der Waals surface area contributed by atoms with Gasteiger partial charge in [-0.1, -0.05) is 92.2 Å². The molecule has 0 radical (unpaired) electrons. The molecule has 0 aliphatic carbocycles. The van der Waals surface area contributed by atoms with E-state index in [1.54, 1.807) is 18.2 Å². The van der Waals surface area contributed by atoms with Gasteiger partial charge in [0.2, 0.25) is 10.0 Å². The summed E-state index contributed by atoms with van der Waals surface area (Å²) in [5.74, 6) is 0. The highest BCUT2D eigenvalue weighted by Gasteiger charge is 2.31. The number of carbonyl (C=O) groups is 1. The van der Waals surface area contributed by atoms with Gasteiger partial charge in [0.25, 0.3) is 0 Å². The lowest BCUT2D eigenvalue weighted by Gasteiger charge is -2.33. The quantitative estimate of drug-likeness (QED) is 0.315. The summed E-state index contributed by atoms with van der Waals surface area (Å²) in [7, 11) is -3.90. The Bertz CT molecular complexity index is 1200. The van der Waals surface area contributed by atoms with E-state index in [4.69, 9.17) is 0 Å². The molecular weight excluding hydrogens is 476 g/mol. The number of aliphatic hydroxyl groups is 1. The Labute approximate surface area is 213 Å². The molecule has 0 saturated carbocycles. The average molecular weight is 511 g/mol. The second-order valence-corrected chi connectivity index (χ2v) is 10.5. The zero-order valence-corrected chi connectivity index (χ0v) is 21.3. The third-order valence-corrected chi connectivity index (χ3v) is 7.64. The fraction of sp³-hybridized carbons (Fsp3) is 0.321. The van der Waals surface area contributed by atoms with E-state index in [2.05, 4.69) is 4.72 Å². The number of hydrogen-bond acceptors (Lipinski definition) is 4. The normalized spacial score (nSPS) is 13.2.